The van der Waals surface area contributed by atoms with Crippen molar-refractivity contribution < 1.29 is 4.74 Å². The van der Waals surface area contributed by atoms with Crippen LogP contribution in [-0.2, 0) is 15.6 Å². The summed E-state index contributed by atoms with van der Waals surface area (Å²) in [4.78, 5) is 1.70. The van der Waals surface area contributed by atoms with Crippen molar-refractivity contribution in [3.63, 3.8) is 0 Å². The topological polar surface area (TPSA) is 9.23 Å². The lowest BCUT2D eigenvalue weighted by molar-refractivity contribution is 0.210. The summed E-state index contributed by atoms with van der Waals surface area (Å²) in [6.45, 7) is 3.06. The SMILES string of the molecule is CCCCOC1=CC=C([S+]2CCCC2)C2CC=CC=C12. The highest BCUT2D eigenvalue weighted by atomic mass is 32.2. The first-order valence-electron chi connectivity index (χ1n) is 7.99. The Morgan fingerprint density at radius 1 is 1.20 bits per heavy atom. The van der Waals surface area contributed by atoms with Crippen LogP contribution in [0.1, 0.15) is 39.0 Å². The molecule has 0 aromatic rings. The van der Waals surface area contributed by atoms with Gasteiger partial charge in [-0.3, -0.25) is 0 Å². The molecule has 1 aliphatic heterocycles. The fourth-order valence-corrected chi connectivity index (χ4v) is 5.84. The second-order valence-corrected chi connectivity index (χ2v) is 8.02. The number of allylic oxidation sites excluding steroid dienone is 7. The fraction of sp³-hybridized carbons (Fsp3) is 0.556. The van der Waals surface area contributed by atoms with Crippen LogP contribution < -0.4 is 0 Å². The molecular weight excluding hydrogens is 264 g/mol. The minimum Gasteiger partial charge on any atom is -0.493 e. The number of unbranched alkanes of at least 4 members (excludes halogenated alkanes) is 1. The normalized spacial score (nSPS) is 25.9. The maximum atomic E-state index is 6.02. The van der Waals surface area contributed by atoms with Crippen molar-refractivity contribution in [3.8, 4) is 0 Å². The summed E-state index contributed by atoms with van der Waals surface area (Å²) < 4.78 is 6.02. The number of fused-ring (bicyclic) bond motifs is 1. The average molecular weight is 289 g/mol. The van der Waals surface area contributed by atoms with Crippen LogP contribution in [0.4, 0.5) is 0 Å². The molecular formula is C18H25OS+. The highest BCUT2D eigenvalue weighted by Crippen LogP contribution is 2.41. The van der Waals surface area contributed by atoms with E-state index in [1.807, 2.05) is 0 Å². The maximum Gasteiger partial charge on any atom is 0.139 e. The molecule has 20 heavy (non-hydrogen) atoms. The molecule has 108 valence electrons. The first-order chi connectivity index (χ1) is 9.90. The molecule has 1 saturated heterocycles. The van der Waals surface area contributed by atoms with E-state index < -0.39 is 0 Å². The third-order valence-electron chi connectivity index (χ3n) is 4.31. The third-order valence-corrected chi connectivity index (χ3v) is 6.96. The largest absolute Gasteiger partial charge is 0.493 e. The van der Waals surface area contributed by atoms with Crippen molar-refractivity contribution in [2.75, 3.05) is 18.1 Å². The number of hydrogen-bond donors (Lipinski definition) is 0. The molecule has 0 aromatic heterocycles. The van der Waals surface area contributed by atoms with Gasteiger partial charge in [-0.1, -0.05) is 31.6 Å². The lowest BCUT2D eigenvalue weighted by Crippen LogP contribution is -2.22. The van der Waals surface area contributed by atoms with E-state index in [0.29, 0.717) is 16.8 Å². The van der Waals surface area contributed by atoms with Gasteiger partial charge in [-0.2, -0.15) is 0 Å². The van der Waals surface area contributed by atoms with Gasteiger partial charge < -0.3 is 4.74 Å². The highest BCUT2D eigenvalue weighted by Gasteiger charge is 2.38. The van der Waals surface area contributed by atoms with Crippen molar-refractivity contribution >= 4 is 10.9 Å². The molecule has 1 nitrogen and oxygen atoms in total. The van der Waals surface area contributed by atoms with E-state index in [1.165, 1.54) is 36.3 Å². The van der Waals surface area contributed by atoms with Gasteiger partial charge in [-0.25, -0.2) is 0 Å². The minimum atomic E-state index is 0.532. The zero-order chi connectivity index (χ0) is 13.8. The van der Waals surface area contributed by atoms with Crippen molar-refractivity contribution in [2.24, 2.45) is 5.92 Å². The van der Waals surface area contributed by atoms with Gasteiger partial charge in [0, 0.05) is 16.5 Å². The van der Waals surface area contributed by atoms with Crippen LogP contribution in [0.25, 0.3) is 0 Å². The van der Waals surface area contributed by atoms with Gasteiger partial charge in [-0.05, 0) is 37.8 Å². The summed E-state index contributed by atoms with van der Waals surface area (Å²) in [7, 11) is 0.532. The van der Waals surface area contributed by atoms with Gasteiger partial charge in [0.1, 0.15) is 22.2 Å². The van der Waals surface area contributed by atoms with Crippen molar-refractivity contribution in [3.05, 3.63) is 46.6 Å². The molecule has 2 heteroatoms. The lowest BCUT2D eigenvalue weighted by atomic mass is 9.86. The average Bonchev–Trinajstić information content (AvgIpc) is 3.01. The Labute approximate surface area is 125 Å². The van der Waals surface area contributed by atoms with Gasteiger partial charge in [0.2, 0.25) is 0 Å². The fourth-order valence-electron chi connectivity index (χ4n) is 3.17. The monoisotopic (exact) mass is 289 g/mol. The Hall–Kier alpha value is -0.890. The summed E-state index contributed by atoms with van der Waals surface area (Å²) in [6, 6.07) is 0. The van der Waals surface area contributed by atoms with E-state index >= 15 is 0 Å². The number of hydrogen-bond acceptors (Lipinski definition) is 1. The molecule has 1 atom stereocenters. The van der Waals surface area contributed by atoms with Crippen LogP contribution >= 0.6 is 0 Å². The zero-order valence-corrected chi connectivity index (χ0v) is 13.3. The molecule has 0 bridgehead atoms. The molecule has 0 radical (unpaired) electrons. The van der Waals surface area contributed by atoms with Crippen molar-refractivity contribution in [1.82, 2.24) is 0 Å². The molecule has 0 spiro atoms. The Kier molecular flexibility index (Phi) is 4.72. The minimum absolute atomic E-state index is 0.532. The van der Waals surface area contributed by atoms with E-state index in [1.54, 1.807) is 4.91 Å². The van der Waals surface area contributed by atoms with Gasteiger partial charge in [-0.15, -0.1) is 0 Å². The van der Waals surface area contributed by atoms with Crippen LogP contribution in [0, 0.1) is 5.92 Å². The van der Waals surface area contributed by atoms with Crippen LogP contribution in [0.5, 0.6) is 0 Å². The molecule has 3 rings (SSSR count). The van der Waals surface area contributed by atoms with E-state index in [-0.39, 0.29) is 0 Å². The first-order valence-corrected chi connectivity index (χ1v) is 9.55. The molecule has 0 amide bonds. The van der Waals surface area contributed by atoms with Gasteiger partial charge in [0.25, 0.3) is 0 Å². The Morgan fingerprint density at radius 3 is 2.85 bits per heavy atom. The molecule has 0 aromatic carbocycles. The standard InChI is InChI=1S/C18H25OS/c1-2-3-12-19-17-10-11-18(20-13-6-7-14-20)16-9-5-4-8-15(16)17/h4-5,8,10-11,16H,2-3,6-7,9,12-14H2,1H3/q+1. The molecule has 2 aliphatic carbocycles. The van der Waals surface area contributed by atoms with E-state index in [4.69, 9.17) is 4.74 Å². The summed E-state index contributed by atoms with van der Waals surface area (Å²) in [6.07, 6.45) is 17.8. The van der Waals surface area contributed by atoms with E-state index in [0.717, 1.165) is 25.2 Å². The summed E-state index contributed by atoms with van der Waals surface area (Å²) in [5.41, 5.74) is 1.43. The third kappa shape index (κ3) is 2.90. The lowest BCUT2D eigenvalue weighted by Gasteiger charge is -2.27. The highest BCUT2D eigenvalue weighted by molar-refractivity contribution is 8.00. The Morgan fingerprint density at radius 2 is 2.05 bits per heavy atom. The van der Waals surface area contributed by atoms with Crippen LogP contribution in [-0.4, -0.2) is 18.1 Å². The molecule has 1 fully saturated rings. The van der Waals surface area contributed by atoms with Gasteiger partial charge >= 0.3 is 0 Å². The van der Waals surface area contributed by atoms with E-state index in [2.05, 4.69) is 37.3 Å². The molecule has 1 heterocycles. The predicted octanol–water partition coefficient (Wildman–Crippen LogP) is 4.50. The summed E-state index contributed by atoms with van der Waals surface area (Å²) in [5.74, 6) is 4.56. The van der Waals surface area contributed by atoms with Gasteiger partial charge in [0.05, 0.1) is 12.5 Å². The number of rotatable bonds is 5. The first kappa shape index (κ1) is 14.1. The quantitative estimate of drug-likeness (QED) is 0.535. The smallest absolute Gasteiger partial charge is 0.139 e. The van der Waals surface area contributed by atoms with Crippen molar-refractivity contribution in [2.45, 2.75) is 39.0 Å². The Bertz CT molecular complexity index is 464. The zero-order valence-electron chi connectivity index (χ0n) is 12.4. The molecule has 0 N–H and O–H groups in total. The Balaban J connectivity index is 1.79. The van der Waals surface area contributed by atoms with Crippen LogP contribution in [0.3, 0.4) is 0 Å². The van der Waals surface area contributed by atoms with Gasteiger partial charge in [0.15, 0.2) is 0 Å². The van der Waals surface area contributed by atoms with E-state index in [9.17, 15) is 0 Å². The van der Waals surface area contributed by atoms with Crippen LogP contribution in [0.15, 0.2) is 46.6 Å². The molecule has 3 aliphatic rings. The summed E-state index contributed by atoms with van der Waals surface area (Å²) in [5, 5.41) is 0. The predicted molar refractivity (Wildman–Crippen MR) is 88.7 cm³/mol. The maximum absolute atomic E-state index is 6.02. The molecule has 1 unspecified atom stereocenters. The molecule has 0 saturated carbocycles. The number of ether oxygens (including phenoxy) is 1. The second kappa shape index (κ2) is 6.71. The van der Waals surface area contributed by atoms with Crippen molar-refractivity contribution in [1.29, 1.82) is 0 Å². The second-order valence-electron chi connectivity index (χ2n) is 5.75. The van der Waals surface area contributed by atoms with Crippen LogP contribution in [0.2, 0.25) is 0 Å². The summed E-state index contributed by atoms with van der Waals surface area (Å²) >= 11 is 0.